The number of rotatable bonds is 2. The molecule has 23 heavy (non-hydrogen) atoms. The molecule has 0 amide bonds. The van der Waals surface area contributed by atoms with Crippen LogP contribution in [0.1, 0.15) is 18.1 Å². The van der Waals surface area contributed by atoms with E-state index >= 15 is 0 Å². The van der Waals surface area contributed by atoms with Crippen LogP contribution in [0.2, 0.25) is 0 Å². The minimum Gasteiger partial charge on any atom is -0.327 e. The molecule has 0 aliphatic heterocycles. The zero-order chi connectivity index (χ0) is 16.8. The molecule has 2 aromatic carbocycles. The molecule has 3 rings (SSSR count). The smallest absolute Gasteiger partial charge is 0.327 e. The zero-order valence-corrected chi connectivity index (χ0v) is 13.5. The van der Waals surface area contributed by atoms with Crippen molar-refractivity contribution in [3.05, 3.63) is 47.5 Å². The standard InChI is InChI=1S/C17H15F3N2S/c1-3-11-12(5-4-6-15(11)23)16-21-13-9-10(17(18,19)20)7-8-14(13)22(16)2/h4-9,23H,3H2,1-2H3. The minimum absolute atomic E-state index is 0.337. The van der Waals surface area contributed by atoms with Crippen LogP contribution in [0.5, 0.6) is 0 Å². The van der Waals surface area contributed by atoms with Gasteiger partial charge < -0.3 is 4.57 Å². The Bertz CT molecular complexity index is 881. The van der Waals surface area contributed by atoms with Crippen LogP contribution < -0.4 is 0 Å². The average molecular weight is 336 g/mol. The summed E-state index contributed by atoms with van der Waals surface area (Å²) in [6, 6.07) is 9.33. The van der Waals surface area contributed by atoms with Gasteiger partial charge in [0.2, 0.25) is 0 Å². The molecule has 120 valence electrons. The van der Waals surface area contributed by atoms with Gasteiger partial charge in [-0.25, -0.2) is 4.98 Å². The van der Waals surface area contributed by atoms with Crippen LogP contribution in [0.15, 0.2) is 41.3 Å². The maximum Gasteiger partial charge on any atom is 0.416 e. The number of aryl methyl sites for hydroxylation is 1. The highest BCUT2D eigenvalue weighted by molar-refractivity contribution is 7.80. The first-order valence-corrected chi connectivity index (χ1v) is 7.62. The van der Waals surface area contributed by atoms with E-state index in [4.69, 9.17) is 0 Å². The van der Waals surface area contributed by atoms with E-state index in [9.17, 15) is 13.2 Å². The van der Waals surface area contributed by atoms with Crippen LogP contribution >= 0.6 is 12.6 Å². The van der Waals surface area contributed by atoms with Crippen molar-refractivity contribution in [1.29, 1.82) is 0 Å². The predicted molar refractivity (Wildman–Crippen MR) is 87.8 cm³/mol. The Morgan fingerprint density at radius 3 is 2.57 bits per heavy atom. The van der Waals surface area contributed by atoms with Gasteiger partial charge in [-0.3, -0.25) is 0 Å². The molecular weight excluding hydrogens is 321 g/mol. The number of fused-ring (bicyclic) bond motifs is 1. The Hall–Kier alpha value is -1.95. The van der Waals surface area contributed by atoms with Crippen molar-refractivity contribution in [1.82, 2.24) is 9.55 Å². The maximum absolute atomic E-state index is 12.9. The molecule has 0 aliphatic carbocycles. The van der Waals surface area contributed by atoms with Gasteiger partial charge in [-0.15, -0.1) is 12.6 Å². The number of benzene rings is 2. The molecule has 0 bridgehead atoms. The highest BCUT2D eigenvalue weighted by Crippen LogP contribution is 2.34. The third-order valence-corrected chi connectivity index (χ3v) is 4.37. The fourth-order valence-corrected chi connectivity index (χ4v) is 3.14. The molecule has 0 spiro atoms. The maximum atomic E-state index is 12.9. The first-order chi connectivity index (χ1) is 10.8. The van der Waals surface area contributed by atoms with Gasteiger partial charge >= 0.3 is 6.18 Å². The summed E-state index contributed by atoms with van der Waals surface area (Å²) in [5, 5.41) is 0. The number of imidazole rings is 1. The second kappa shape index (κ2) is 5.60. The van der Waals surface area contributed by atoms with E-state index in [0.29, 0.717) is 16.9 Å². The SMILES string of the molecule is CCc1c(S)cccc1-c1nc2cc(C(F)(F)F)ccc2n1C. The molecule has 0 radical (unpaired) electrons. The van der Waals surface area contributed by atoms with E-state index in [0.717, 1.165) is 34.6 Å². The molecule has 1 heterocycles. The van der Waals surface area contributed by atoms with Gasteiger partial charge in [0.15, 0.2) is 0 Å². The van der Waals surface area contributed by atoms with Gasteiger partial charge in [0.1, 0.15) is 5.82 Å². The quantitative estimate of drug-likeness (QED) is 0.644. The van der Waals surface area contributed by atoms with E-state index in [1.54, 1.807) is 0 Å². The van der Waals surface area contributed by atoms with Gasteiger partial charge in [0, 0.05) is 17.5 Å². The Balaban J connectivity index is 2.24. The summed E-state index contributed by atoms with van der Waals surface area (Å²) in [7, 11) is 1.81. The van der Waals surface area contributed by atoms with Crippen LogP contribution in [0.25, 0.3) is 22.4 Å². The van der Waals surface area contributed by atoms with E-state index in [-0.39, 0.29) is 0 Å². The molecule has 0 unspecified atom stereocenters. The summed E-state index contributed by atoms with van der Waals surface area (Å²) in [6.07, 6.45) is -3.60. The normalized spacial score (nSPS) is 12.1. The first kappa shape index (κ1) is 15.9. The number of alkyl halides is 3. The van der Waals surface area contributed by atoms with Crippen LogP contribution in [0.4, 0.5) is 13.2 Å². The average Bonchev–Trinajstić information content (AvgIpc) is 2.82. The van der Waals surface area contributed by atoms with Gasteiger partial charge in [-0.1, -0.05) is 19.1 Å². The van der Waals surface area contributed by atoms with E-state index in [2.05, 4.69) is 17.6 Å². The highest BCUT2D eigenvalue weighted by atomic mass is 32.1. The molecule has 3 aromatic rings. The van der Waals surface area contributed by atoms with E-state index in [1.165, 1.54) is 6.07 Å². The fraction of sp³-hybridized carbons (Fsp3) is 0.235. The highest BCUT2D eigenvalue weighted by Gasteiger charge is 2.31. The van der Waals surface area contributed by atoms with Crippen molar-refractivity contribution in [3.8, 4) is 11.4 Å². The van der Waals surface area contributed by atoms with Crippen molar-refractivity contribution in [2.45, 2.75) is 24.4 Å². The third kappa shape index (κ3) is 2.72. The monoisotopic (exact) mass is 336 g/mol. The zero-order valence-electron chi connectivity index (χ0n) is 12.6. The fourth-order valence-electron chi connectivity index (χ4n) is 2.77. The lowest BCUT2D eigenvalue weighted by molar-refractivity contribution is -0.137. The molecule has 1 aromatic heterocycles. The Labute approximate surface area is 137 Å². The van der Waals surface area contributed by atoms with Gasteiger partial charge in [0.05, 0.1) is 16.6 Å². The van der Waals surface area contributed by atoms with E-state index in [1.807, 2.05) is 36.7 Å². The Kier molecular flexibility index (Phi) is 3.88. The van der Waals surface area contributed by atoms with Crippen LogP contribution in [-0.4, -0.2) is 9.55 Å². The lowest BCUT2D eigenvalue weighted by Gasteiger charge is -2.10. The van der Waals surface area contributed by atoms with E-state index < -0.39 is 11.7 Å². The number of halogens is 3. The predicted octanol–water partition coefficient (Wildman–Crippen LogP) is 5.11. The molecule has 2 nitrogen and oxygen atoms in total. The van der Waals surface area contributed by atoms with Gasteiger partial charge in [-0.2, -0.15) is 13.2 Å². The summed E-state index contributed by atoms with van der Waals surface area (Å²) in [6.45, 7) is 2.02. The molecule has 0 N–H and O–H groups in total. The second-order valence-corrected chi connectivity index (χ2v) is 5.83. The molecule has 0 aliphatic rings. The van der Waals surface area contributed by atoms with Crippen LogP contribution in [0.3, 0.4) is 0 Å². The third-order valence-electron chi connectivity index (χ3n) is 3.95. The molecule has 0 atom stereocenters. The number of thiol groups is 1. The summed E-state index contributed by atoms with van der Waals surface area (Å²) >= 11 is 4.46. The topological polar surface area (TPSA) is 17.8 Å². The number of hydrogen-bond acceptors (Lipinski definition) is 2. The first-order valence-electron chi connectivity index (χ1n) is 7.17. The molecule has 0 fully saturated rings. The second-order valence-electron chi connectivity index (χ2n) is 5.35. The number of nitrogens with zero attached hydrogens (tertiary/aromatic N) is 2. The summed E-state index contributed by atoms with van der Waals surface area (Å²) < 4.78 is 40.4. The Morgan fingerprint density at radius 2 is 1.91 bits per heavy atom. The van der Waals surface area contributed by atoms with Crippen molar-refractivity contribution >= 4 is 23.7 Å². The molecular formula is C17H15F3N2S. The van der Waals surface area contributed by atoms with Gasteiger partial charge in [0.25, 0.3) is 0 Å². The van der Waals surface area contributed by atoms with Crippen LogP contribution in [-0.2, 0) is 19.6 Å². The summed E-state index contributed by atoms with van der Waals surface area (Å²) in [4.78, 5) is 5.29. The minimum atomic E-state index is -4.37. The van der Waals surface area contributed by atoms with Crippen molar-refractivity contribution in [2.75, 3.05) is 0 Å². The molecule has 6 heteroatoms. The van der Waals surface area contributed by atoms with Crippen LogP contribution in [0, 0.1) is 0 Å². The molecule has 0 saturated carbocycles. The Morgan fingerprint density at radius 1 is 1.17 bits per heavy atom. The van der Waals surface area contributed by atoms with Crippen molar-refractivity contribution in [3.63, 3.8) is 0 Å². The van der Waals surface area contributed by atoms with Crippen molar-refractivity contribution in [2.24, 2.45) is 7.05 Å². The van der Waals surface area contributed by atoms with Crippen molar-refractivity contribution < 1.29 is 13.2 Å². The number of hydrogen-bond donors (Lipinski definition) is 1. The lowest BCUT2D eigenvalue weighted by Crippen LogP contribution is -2.04. The largest absolute Gasteiger partial charge is 0.416 e. The van der Waals surface area contributed by atoms with Gasteiger partial charge in [-0.05, 0) is 36.2 Å². The summed E-state index contributed by atoms with van der Waals surface area (Å²) in [5.41, 5.74) is 2.24. The molecule has 0 saturated heterocycles. The number of aromatic nitrogens is 2. The summed E-state index contributed by atoms with van der Waals surface area (Å²) in [5.74, 6) is 0.645. The lowest BCUT2D eigenvalue weighted by atomic mass is 10.0.